The lowest BCUT2D eigenvalue weighted by molar-refractivity contribution is 0.520. The van der Waals surface area contributed by atoms with Crippen molar-refractivity contribution in [2.75, 3.05) is 23.3 Å². The monoisotopic (exact) mass is 500 g/mol. The molecule has 0 saturated carbocycles. The molecule has 8 nitrogen and oxygen atoms in total. The number of hydrogen-bond donors (Lipinski definition) is 2. The number of pyridine rings is 1. The Morgan fingerprint density at radius 1 is 1.06 bits per heavy atom. The van der Waals surface area contributed by atoms with Crippen LogP contribution in [0.3, 0.4) is 0 Å². The smallest absolute Gasteiger partial charge is 0.243 e. The van der Waals surface area contributed by atoms with Gasteiger partial charge in [-0.15, -0.1) is 29.9 Å². The van der Waals surface area contributed by atoms with Crippen molar-refractivity contribution < 1.29 is 0 Å². The Balaban J connectivity index is 0.00000162. The van der Waals surface area contributed by atoms with E-state index in [2.05, 4.69) is 45.3 Å². The number of nitrogens with two attached hydrogens (primary N) is 1. The Labute approximate surface area is 211 Å². The number of piperidine rings is 1. The summed E-state index contributed by atoms with van der Waals surface area (Å²) in [6.07, 6.45) is 5.66. The van der Waals surface area contributed by atoms with E-state index in [0.29, 0.717) is 18.5 Å². The molecule has 1 aliphatic rings. The van der Waals surface area contributed by atoms with Gasteiger partial charge in [-0.05, 0) is 55.5 Å². The highest BCUT2D eigenvalue weighted by atomic mass is 35.5. The molecular formula is C24H30Cl2N8. The van der Waals surface area contributed by atoms with Crippen molar-refractivity contribution >= 4 is 42.2 Å². The van der Waals surface area contributed by atoms with Crippen molar-refractivity contribution in [3.8, 4) is 11.1 Å². The fourth-order valence-electron chi connectivity index (χ4n) is 4.31. The van der Waals surface area contributed by atoms with Gasteiger partial charge in [0, 0.05) is 49.2 Å². The summed E-state index contributed by atoms with van der Waals surface area (Å²) < 4.78 is 1.88. The maximum atomic E-state index is 5.85. The van der Waals surface area contributed by atoms with Gasteiger partial charge in [0.25, 0.3) is 0 Å². The first kappa shape index (κ1) is 25.7. The molecule has 1 aliphatic heterocycles. The van der Waals surface area contributed by atoms with E-state index in [0.717, 1.165) is 65.3 Å². The third-order valence-corrected chi connectivity index (χ3v) is 5.99. The van der Waals surface area contributed by atoms with E-state index in [9.17, 15) is 0 Å². The van der Waals surface area contributed by atoms with Crippen LogP contribution in [0.15, 0.2) is 48.9 Å². The second kappa shape index (κ2) is 11.0. The standard InChI is InChI=1S/C24H28N8.2ClH/c1-16-10-21(19-5-3-4-18(12-19)13-25)23-29-24(30-32(23)14-16)28-20-6-8-31(9-7-20)22-11-17(2)26-15-27-22;;/h3-5,10-12,14-15,20H,6-9,13,25H2,1-2H3,(H,28,30);2*1H. The average molecular weight is 501 g/mol. The Kier molecular flexibility index (Phi) is 8.30. The van der Waals surface area contributed by atoms with E-state index in [1.165, 1.54) is 0 Å². The van der Waals surface area contributed by atoms with E-state index in [4.69, 9.17) is 15.8 Å². The van der Waals surface area contributed by atoms with Crippen LogP contribution >= 0.6 is 24.8 Å². The quantitative estimate of drug-likeness (QED) is 0.423. The molecule has 1 saturated heterocycles. The molecule has 4 heterocycles. The first-order valence-corrected chi connectivity index (χ1v) is 11.1. The van der Waals surface area contributed by atoms with Crippen molar-refractivity contribution in [2.45, 2.75) is 39.3 Å². The summed E-state index contributed by atoms with van der Waals surface area (Å²) in [5, 5.41) is 8.27. The molecule has 1 fully saturated rings. The van der Waals surface area contributed by atoms with Crippen LogP contribution in [0.4, 0.5) is 11.8 Å². The summed E-state index contributed by atoms with van der Waals surface area (Å²) in [6.45, 7) is 6.48. The third kappa shape index (κ3) is 5.41. The van der Waals surface area contributed by atoms with Crippen LogP contribution in [0.25, 0.3) is 16.8 Å². The Hall–Kier alpha value is -2.94. The van der Waals surface area contributed by atoms with Crippen molar-refractivity contribution in [3.63, 3.8) is 0 Å². The molecule has 4 aromatic rings. The molecule has 34 heavy (non-hydrogen) atoms. The SMILES string of the molecule is Cc1cc(-c2cccc(CN)c2)c2nc(NC3CCN(c4cc(C)ncn4)CC3)nn2c1.Cl.Cl. The average Bonchev–Trinajstić information content (AvgIpc) is 3.21. The van der Waals surface area contributed by atoms with Crippen LogP contribution in [0, 0.1) is 13.8 Å². The largest absolute Gasteiger partial charge is 0.356 e. The van der Waals surface area contributed by atoms with Crippen LogP contribution in [0.2, 0.25) is 0 Å². The second-order valence-corrected chi connectivity index (χ2v) is 8.46. The zero-order chi connectivity index (χ0) is 22.1. The van der Waals surface area contributed by atoms with Crippen molar-refractivity contribution in [1.82, 2.24) is 24.6 Å². The molecule has 1 aromatic carbocycles. The van der Waals surface area contributed by atoms with Gasteiger partial charge in [0.2, 0.25) is 5.95 Å². The Morgan fingerprint density at radius 2 is 1.85 bits per heavy atom. The highest BCUT2D eigenvalue weighted by Gasteiger charge is 2.22. The van der Waals surface area contributed by atoms with Gasteiger partial charge in [0.1, 0.15) is 12.1 Å². The molecule has 0 unspecified atom stereocenters. The van der Waals surface area contributed by atoms with Crippen LogP contribution in [-0.2, 0) is 6.54 Å². The Bertz CT molecular complexity index is 1250. The topological polar surface area (TPSA) is 97.3 Å². The van der Waals surface area contributed by atoms with E-state index in [1.807, 2.05) is 35.8 Å². The van der Waals surface area contributed by atoms with E-state index in [-0.39, 0.29) is 24.8 Å². The molecule has 0 atom stereocenters. The van der Waals surface area contributed by atoms with Crippen molar-refractivity contribution in [3.05, 3.63) is 65.7 Å². The van der Waals surface area contributed by atoms with Crippen LogP contribution in [0.5, 0.6) is 0 Å². The van der Waals surface area contributed by atoms with Crippen molar-refractivity contribution in [2.24, 2.45) is 5.73 Å². The minimum absolute atomic E-state index is 0. The maximum Gasteiger partial charge on any atom is 0.243 e. The highest BCUT2D eigenvalue weighted by molar-refractivity contribution is 5.85. The van der Waals surface area contributed by atoms with E-state index >= 15 is 0 Å². The van der Waals surface area contributed by atoms with Gasteiger partial charge in [-0.3, -0.25) is 0 Å². The lowest BCUT2D eigenvalue weighted by Crippen LogP contribution is -2.39. The van der Waals surface area contributed by atoms with E-state index in [1.54, 1.807) is 6.33 Å². The number of rotatable bonds is 5. The number of aromatic nitrogens is 5. The normalized spacial score (nSPS) is 13.9. The first-order chi connectivity index (χ1) is 15.6. The second-order valence-electron chi connectivity index (χ2n) is 8.46. The van der Waals surface area contributed by atoms with Gasteiger partial charge in [-0.1, -0.05) is 18.2 Å². The molecule has 0 spiro atoms. The number of benzene rings is 1. The van der Waals surface area contributed by atoms with Gasteiger partial charge in [-0.25, -0.2) is 14.5 Å². The minimum Gasteiger partial charge on any atom is -0.356 e. The third-order valence-electron chi connectivity index (χ3n) is 5.99. The number of aryl methyl sites for hydroxylation is 2. The lowest BCUT2D eigenvalue weighted by Gasteiger charge is -2.32. The molecule has 5 rings (SSSR count). The molecular weight excluding hydrogens is 471 g/mol. The zero-order valence-electron chi connectivity index (χ0n) is 19.3. The highest BCUT2D eigenvalue weighted by Crippen LogP contribution is 2.27. The molecule has 10 heteroatoms. The summed E-state index contributed by atoms with van der Waals surface area (Å²) in [4.78, 5) is 15.8. The predicted molar refractivity (Wildman–Crippen MR) is 141 cm³/mol. The fraction of sp³-hybridized carbons (Fsp3) is 0.333. The summed E-state index contributed by atoms with van der Waals surface area (Å²) in [5.74, 6) is 1.67. The van der Waals surface area contributed by atoms with Gasteiger partial charge in [-0.2, -0.15) is 4.98 Å². The molecule has 3 N–H and O–H groups in total. The summed E-state index contributed by atoms with van der Waals surface area (Å²) in [5.41, 5.74) is 12.1. The maximum absolute atomic E-state index is 5.85. The fourth-order valence-corrected chi connectivity index (χ4v) is 4.31. The Morgan fingerprint density at radius 3 is 2.59 bits per heavy atom. The number of nitrogens with one attached hydrogen (secondary N) is 1. The van der Waals surface area contributed by atoms with Crippen LogP contribution < -0.4 is 16.0 Å². The van der Waals surface area contributed by atoms with Gasteiger partial charge in [0.15, 0.2) is 5.65 Å². The number of fused-ring (bicyclic) bond motifs is 1. The number of nitrogens with zero attached hydrogens (tertiary/aromatic N) is 6. The molecule has 0 aliphatic carbocycles. The number of hydrogen-bond acceptors (Lipinski definition) is 7. The van der Waals surface area contributed by atoms with Crippen LogP contribution in [0.1, 0.15) is 29.7 Å². The zero-order valence-corrected chi connectivity index (χ0v) is 20.9. The predicted octanol–water partition coefficient (Wildman–Crippen LogP) is 4.19. The molecule has 180 valence electrons. The number of anilines is 2. The van der Waals surface area contributed by atoms with Crippen LogP contribution in [-0.4, -0.2) is 43.7 Å². The molecule has 0 bridgehead atoms. The summed E-state index contributed by atoms with van der Waals surface area (Å²) in [7, 11) is 0. The summed E-state index contributed by atoms with van der Waals surface area (Å²) in [6, 6.07) is 12.8. The van der Waals surface area contributed by atoms with E-state index < -0.39 is 0 Å². The van der Waals surface area contributed by atoms with Gasteiger partial charge in [0.05, 0.1) is 0 Å². The lowest BCUT2D eigenvalue weighted by atomic mass is 10.0. The number of halogens is 2. The van der Waals surface area contributed by atoms with Gasteiger partial charge >= 0.3 is 0 Å². The van der Waals surface area contributed by atoms with Crippen molar-refractivity contribution in [1.29, 1.82) is 0 Å². The van der Waals surface area contributed by atoms with Gasteiger partial charge < -0.3 is 16.0 Å². The molecule has 0 amide bonds. The first-order valence-electron chi connectivity index (χ1n) is 11.1. The molecule has 0 radical (unpaired) electrons. The molecule has 3 aromatic heterocycles. The minimum atomic E-state index is 0. The summed E-state index contributed by atoms with van der Waals surface area (Å²) >= 11 is 0.